The molecule has 1 fully saturated rings. The molecular weight excluding hydrogens is 348 g/mol. The van der Waals surface area contributed by atoms with E-state index in [0.29, 0.717) is 13.1 Å². The molecule has 1 aromatic carbocycles. The minimum Gasteiger partial charge on any atom is -0.351 e. The van der Waals surface area contributed by atoms with Gasteiger partial charge < -0.3 is 10.6 Å². The van der Waals surface area contributed by atoms with Crippen LogP contribution in [0, 0.1) is 22.2 Å². The Morgan fingerprint density at radius 3 is 2.18 bits per heavy atom. The molecule has 1 aliphatic rings. The van der Waals surface area contributed by atoms with Gasteiger partial charge in [-0.25, -0.2) is 4.79 Å². The van der Waals surface area contributed by atoms with E-state index < -0.39 is 11.4 Å². The predicted molar refractivity (Wildman–Crippen MR) is 114 cm³/mol. The third-order valence-corrected chi connectivity index (χ3v) is 6.78. The van der Waals surface area contributed by atoms with Gasteiger partial charge in [0, 0.05) is 18.6 Å². The zero-order valence-corrected chi connectivity index (χ0v) is 18.2. The second-order valence-electron chi connectivity index (χ2n) is 9.34. The molecule has 1 aliphatic carbocycles. The van der Waals surface area contributed by atoms with E-state index in [1.54, 1.807) is 4.90 Å². The number of benzene rings is 1. The molecule has 5 heteroatoms. The fraction of sp³-hybridized carbons (Fsp3) is 0.652. The van der Waals surface area contributed by atoms with Gasteiger partial charge in [-0.05, 0) is 71.0 Å². The van der Waals surface area contributed by atoms with Crippen molar-refractivity contribution in [3.05, 3.63) is 35.9 Å². The monoisotopic (exact) mass is 384 g/mol. The van der Waals surface area contributed by atoms with Gasteiger partial charge in [0.2, 0.25) is 0 Å². The Morgan fingerprint density at radius 1 is 1.18 bits per heavy atom. The summed E-state index contributed by atoms with van der Waals surface area (Å²) in [5.41, 5.74) is 6.53. The van der Waals surface area contributed by atoms with E-state index in [4.69, 9.17) is 5.73 Å². The van der Waals surface area contributed by atoms with Crippen LogP contribution >= 0.6 is 0 Å². The number of nitriles is 1. The summed E-state index contributed by atoms with van der Waals surface area (Å²) in [4.78, 5) is 16.2. The lowest BCUT2D eigenvalue weighted by atomic mass is 9.63. The second kappa shape index (κ2) is 8.53. The second-order valence-corrected chi connectivity index (χ2v) is 9.34. The number of primary amides is 1. The van der Waals surface area contributed by atoms with Gasteiger partial charge in [0.05, 0.1) is 11.5 Å². The molecule has 0 aromatic heterocycles. The summed E-state index contributed by atoms with van der Waals surface area (Å²) in [6.07, 6.45) is 5.17. The van der Waals surface area contributed by atoms with Gasteiger partial charge in [0.25, 0.3) is 0 Å². The van der Waals surface area contributed by atoms with Crippen molar-refractivity contribution in [3.8, 4) is 6.07 Å². The van der Waals surface area contributed by atoms with E-state index in [0.717, 1.165) is 32.1 Å². The highest BCUT2D eigenvalue weighted by atomic mass is 16.2. The molecule has 1 aromatic rings. The lowest BCUT2D eigenvalue weighted by Crippen LogP contribution is -2.52. The Bertz CT molecular complexity index is 697. The average Bonchev–Trinajstić information content (AvgIpc) is 2.68. The summed E-state index contributed by atoms with van der Waals surface area (Å²) in [5, 5.41) is 9.37. The fourth-order valence-corrected chi connectivity index (χ4v) is 4.69. The van der Waals surface area contributed by atoms with Crippen LogP contribution in [-0.4, -0.2) is 43.0 Å². The molecule has 0 spiro atoms. The maximum absolute atomic E-state index is 12.1. The molecule has 2 rings (SSSR count). The van der Waals surface area contributed by atoms with Gasteiger partial charge >= 0.3 is 6.03 Å². The maximum atomic E-state index is 12.1. The quantitative estimate of drug-likeness (QED) is 0.760. The molecule has 0 bridgehead atoms. The minimum absolute atomic E-state index is 0.0312. The van der Waals surface area contributed by atoms with Crippen molar-refractivity contribution >= 4 is 6.03 Å². The molecule has 2 amide bonds. The Kier molecular flexibility index (Phi) is 6.77. The van der Waals surface area contributed by atoms with E-state index in [1.807, 2.05) is 13.8 Å². The van der Waals surface area contributed by atoms with Crippen LogP contribution in [0.4, 0.5) is 4.79 Å². The van der Waals surface area contributed by atoms with Gasteiger partial charge in [0.15, 0.2) is 0 Å². The lowest BCUT2D eigenvalue weighted by molar-refractivity contribution is 0.0160. The average molecular weight is 385 g/mol. The predicted octanol–water partition coefficient (Wildman–Crippen LogP) is 4.34. The molecule has 0 unspecified atom stereocenters. The summed E-state index contributed by atoms with van der Waals surface area (Å²) >= 11 is 0. The third kappa shape index (κ3) is 4.67. The summed E-state index contributed by atoms with van der Waals surface area (Å²) in [5.74, 6) is 0. The normalized spacial score (nSPS) is 25.3. The molecule has 28 heavy (non-hydrogen) atoms. The van der Waals surface area contributed by atoms with Crippen LogP contribution in [0.15, 0.2) is 30.3 Å². The van der Waals surface area contributed by atoms with Crippen molar-refractivity contribution in [1.29, 1.82) is 5.26 Å². The Hall–Kier alpha value is -2.06. The number of urea groups is 1. The first kappa shape index (κ1) is 22.2. The number of nitrogens with zero attached hydrogens (tertiary/aromatic N) is 3. The molecule has 0 aliphatic heterocycles. The Labute approximate surface area is 170 Å². The van der Waals surface area contributed by atoms with Crippen LogP contribution in [0.2, 0.25) is 0 Å². The van der Waals surface area contributed by atoms with E-state index in [9.17, 15) is 10.1 Å². The van der Waals surface area contributed by atoms with Gasteiger partial charge in [-0.3, -0.25) is 4.90 Å². The standard InChI is InChI=1S/C23H36N4O/c1-6-22(18-27(20(25)28)17-21(2,3)16-24)12-14-23(15-13-22,26(4)5)19-10-8-7-9-11-19/h7-11H,6,12-15,17-18H2,1-5H3,(H2,25,28). The number of rotatable bonds is 7. The van der Waals surface area contributed by atoms with Gasteiger partial charge in [-0.2, -0.15) is 5.26 Å². The highest BCUT2D eigenvalue weighted by Gasteiger charge is 2.45. The third-order valence-electron chi connectivity index (χ3n) is 6.78. The van der Waals surface area contributed by atoms with E-state index in [1.165, 1.54) is 5.56 Å². The molecular formula is C23H36N4O. The van der Waals surface area contributed by atoms with Gasteiger partial charge in [-0.1, -0.05) is 37.3 Å². The highest BCUT2D eigenvalue weighted by Crippen LogP contribution is 2.50. The van der Waals surface area contributed by atoms with Crippen LogP contribution < -0.4 is 5.73 Å². The van der Waals surface area contributed by atoms with Crippen molar-refractivity contribution in [3.63, 3.8) is 0 Å². The summed E-state index contributed by atoms with van der Waals surface area (Å²) in [7, 11) is 4.33. The minimum atomic E-state index is -0.601. The Balaban J connectivity index is 2.22. The summed E-state index contributed by atoms with van der Waals surface area (Å²) in [6.45, 7) is 6.92. The molecule has 0 saturated heterocycles. The summed E-state index contributed by atoms with van der Waals surface area (Å²) in [6, 6.07) is 12.6. The molecule has 1 saturated carbocycles. The van der Waals surface area contributed by atoms with Crippen LogP contribution in [-0.2, 0) is 5.54 Å². The largest absolute Gasteiger partial charge is 0.351 e. The smallest absolute Gasteiger partial charge is 0.314 e. The van der Waals surface area contributed by atoms with Crippen molar-refractivity contribution in [2.24, 2.45) is 16.6 Å². The number of carbonyl (C=O) groups is 1. The van der Waals surface area contributed by atoms with Crippen molar-refractivity contribution < 1.29 is 4.79 Å². The van der Waals surface area contributed by atoms with E-state index in [2.05, 4.69) is 62.3 Å². The Morgan fingerprint density at radius 2 is 1.75 bits per heavy atom. The highest BCUT2D eigenvalue weighted by molar-refractivity contribution is 5.72. The van der Waals surface area contributed by atoms with Gasteiger partial charge in [-0.15, -0.1) is 0 Å². The molecule has 2 N–H and O–H groups in total. The molecule has 0 radical (unpaired) electrons. The topological polar surface area (TPSA) is 73.4 Å². The number of amides is 2. The molecule has 0 atom stereocenters. The van der Waals surface area contributed by atoms with Gasteiger partial charge in [0.1, 0.15) is 0 Å². The number of hydrogen-bond donors (Lipinski definition) is 1. The van der Waals surface area contributed by atoms with Crippen LogP contribution in [0.25, 0.3) is 0 Å². The number of hydrogen-bond acceptors (Lipinski definition) is 3. The summed E-state index contributed by atoms with van der Waals surface area (Å²) < 4.78 is 0. The van der Waals surface area contributed by atoms with E-state index >= 15 is 0 Å². The molecule has 154 valence electrons. The zero-order valence-electron chi connectivity index (χ0n) is 18.2. The maximum Gasteiger partial charge on any atom is 0.314 e. The lowest BCUT2D eigenvalue weighted by Gasteiger charge is -2.51. The van der Waals surface area contributed by atoms with Crippen molar-refractivity contribution in [2.45, 2.75) is 58.4 Å². The molecule has 5 nitrogen and oxygen atoms in total. The van der Waals surface area contributed by atoms with Crippen LogP contribution in [0.5, 0.6) is 0 Å². The first-order valence-corrected chi connectivity index (χ1v) is 10.3. The zero-order chi connectivity index (χ0) is 21.0. The number of carbonyl (C=O) groups excluding carboxylic acids is 1. The molecule has 0 heterocycles. The fourth-order valence-electron chi connectivity index (χ4n) is 4.69. The SMILES string of the molecule is CCC1(CN(CC(C)(C)C#N)C(N)=O)CCC(c2ccccc2)(N(C)C)CC1. The van der Waals surface area contributed by atoms with E-state index in [-0.39, 0.29) is 11.0 Å². The van der Waals surface area contributed by atoms with Crippen LogP contribution in [0.1, 0.15) is 58.4 Å². The number of nitrogens with two attached hydrogens (primary N) is 1. The van der Waals surface area contributed by atoms with Crippen molar-refractivity contribution in [2.75, 3.05) is 27.2 Å². The first-order chi connectivity index (χ1) is 13.1. The van der Waals surface area contributed by atoms with Crippen molar-refractivity contribution in [1.82, 2.24) is 9.80 Å². The first-order valence-electron chi connectivity index (χ1n) is 10.3. The van der Waals surface area contributed by atoms with Crippen LogP contribution in [0.3, 0.4) is 0 Å².